The zero-order chi connectivity index (χ0) is 22.2. The van der Waals surface area contributed by atoms with Crippen LogP contribution in [0.3, 0.4) is 0 Å². The third-order valence-electron chi connectivity index (χ3n) is 5.10. The van der Waals surface area contributed by atoms with Gasteiger partial charge in [0, 0.05) is 16.1 Å². The van der Waals surface area contributed by atoms with Crippen LogP contribution in [0.5, 0.6) is 11.5 Å². The quantitative estimate of drug-likeness (QED) is 0.531. The maximum absolute atomic E-state index is 13.1. The maximum Gasteiger partial charge on any atom is 0.325 e. The number of carbonyl (C=O) groups excluding carboxylic acids is 2. The van der Waals surface area contributed by atoms with Gasteiger partial charge in [-0.15, -0.1) is 0 Å². The van der Waals surface area contributed by atoms with E-state index < -0.39 is 17.5 Å². The summed E-state index contributed by atoms with van der Waals surface area (Å²) in [6, 6.07) is 11.9. The lowest BCUT2D eigenvalue weighted by Gasteiger charge is -2.23. The predicted octanol–water partition coefficient (Wildman–Crippen LogP) is 3.48. The van der Waals surface area contributed by atoms with Crippen LogP contribution in [0.2, 0.25) is 0 Å². The third kappa shape index (κ3) is 3.63. The molecule has 2 heterocycles. The van der Waals surface area contributed by atoms with Gasteiger partial charge in [0.25, 0.3) is 5.91 Å². The number of ether oxygens (including phenoxy) is 2. The van der Waals surface area contributed by atoms with Gasteiger partial charge < -0.3 is 19.3 Å². The van der Waals surface area contributed by atoms with Gasteiger partial charge in [-0.05, 0) is 25.1 Å². The molecule has 0 radical (unpaired) electrons. The second kappa shape index (κ2) is 8.03. The molecule has 9 nitrogen and oxygen atoms in total. The van der Waals surface area contributed by atoms with Gasteiger partial charge in [0.15, 0.2) is 0 Å². The normalized spacial score (nSPS) is 18.3. The van der Waals surface area contributed by atoms with Gasteiger partial charge in [-0.25, -0.2) is 4.79 Å². The summed E-state index contributed by atoms with van der Waals surface area (Å²) in [6.45, 7) is 1.50. The van der Waals surface area contributed by atoms with E-state index in [2.05, 4.69) is 31.4 Å². The highest BCUT2D eigenvalue weighted by molar-refractivity contribution is 9.10. The van der Waals surface area contributed by atoms with E-state index in [-0.39, 0.29) is 18.3 Å². The minimum absolute atomic E-state index is 0.118. The maximum atomic E-state index is 13.1. The molecule has 1 atom stereocenters. The Bertz CT molecular complexity index is 1160. The average molecular weight is 487 g/mol. The molecule has 4 rings (SSSR count). The lowest BCUT2D eigenvalue weighted by atomic mass is 9.92. The Morgan fingerprint density at radius 3 is 2.65 bits per heavy atom. The molecule has 1 aliphatic rings. The van der Waals surface area contributed by atoms with Crippen molar-refractivity contribution in [3.05, 3.63) is 58.4 Å². The number of carbonyl (C=O) groups is 2. The third-order valence-corrected chi connectivity index (χ3v) is 5.79. The molecule has 160 valence electrons. The van der Waals surface area contributed by atoms with Crippen LogP contribution in [0.15, 0.2) is 51.5 Å². The van der Waals surface area contributed by atoms with E-state index in [9.17, 15) is 9.59 Å². The van der Waals surface area contributed by atoms with Gasteiger partial charge in [0.2, 0.25) is 11.7 Å². The topological polar surface area (TPSA) is 107 Å². The number of urea groups is 1. The van der Waals surface area contributed by atoms with Crippen molar-refractivity contribution < 1.29 is 23.6 Å². The van der Waals surface area contributed by atoms with Crippen LogP contribution in [-0.2, 0) is 16.9 Å². The highest BCUT2D eigenvalue weighted by Crippen LogP contribution is 2.35. The second-order valence-electron chi connectivity index (χ2n) is 7.00. The van der Waals surface area contributed by atoms with Crippen molar-refractivity contribution in [1.29, 1.82) is 0 Å². The van der Waals surface area contributed by atoms with Crippen molar-refractivity contribution >= 4 is 27.9 Å². The fraction of sp³-hybridized carbons (Fsp3) is 0.238. The summed E-state index contributed by atoms with van der Waals surface area (Å²) in [7, 11) is 3.08. The van der Waals surface area contributed by atoms with Crippen molar-refractivity contribution in [2.24, 2.45) is 0 Å². The summed E-state index contributed by atoms with van der Waals surface area (Å²) >= 11 is 3.45. The fourth-order valence-corrected chi connectivity index (χ4v) is 4.12. The summed E-state index contributed by atoms with van der Waals surface area (Å²) in [4.78, 5) is 31.1. The summed E-state index contributed by atoms with van der Waals surface area (Å²) in [5, 5.41) is 6.73. The molecule has 2 aromatic carbocycles. The highest BCUT2D eigenvalue weighted by atomic mass is 79.9. The molecule has 1 fully saturated rings. The van der Waals surface area contributed by atoms with E-state index in [1.54, 1.807) is 44.4 Å². The van der Waals surface area contributed by atoms with Gasteiger partial charge in [-0.2, -0.15) is 4.98 Å². The number of methoxy groups -OCH3 is 2. The van der Waals surface area contributed by atoms with Crippen LogP contribution >= 0.6 is 15.9 Å². The van der Waals surface area contributed by atoms with E-state index in [1.807, 2.05) is 12.1 Å². The lowest BCUT2D eigenvalue weighted by molar-refractivity contribution is -0.131. The molecule has 3 aromatic rings. The molecular weight excluding hydrogens is 468 g/mol. The minimum Gasteiger partial charge on any atom is -0.497 e. The Hall–Kier alpha value is -3.40. The van der Waals surface area contributed by atoms with Crippen LogP contribution in [0.25, 0.3) is 11.4 Å². The Morgan fingerprint density at radius 1 is 1.16 bits per heavy atom. The molecule has 0 aliphatic carbocycles. The summed E-state index contributed by atoms with van der Waals surface area (Å²) in [5.41, 5.74) is 0.0396. The van der Waals surface area contributed by atoms with Gasteiger partial charge in [-0.3, -0.25) is 9.69 Å². The molecule has 1 aromatic heterocycles. The molecule has 0 bridgehead atoms. The highest BCUT2D eigenvalue weighted by Gasteiger charge is 2.50. The number of rotatable bonds is 6. The van der Waals surface area contributed by atoms with Gasteiger partial charge >= 0.3 is 6.03 Å². The number of nitrogens with one attached hydrogen (secondary N) is 1. The number of benzene rings is 2. The summed E-state index contributed by atoms with van der Waals surface area (Å²) in [6.07, 6.45) is 0. The molecule has 0 spiro atoms. The van der Waals surface area contributed by atoms with Crippen molar-refractivity contribution in [3.63, 3.8) is 0 Å². The fourth-order valence-electron chi connectivity index (χ4n) is 3.44. The van der Waals surface area contributed by atoms with E-state index in [4.69, 9.17) is 14.0 Å². The predicted molar refractivity (Wildman–Crippen MR) is 113 cm³/mol. The van der Waals surface area contributed by atoms with Crippen LogP contribution in [-0.4, -0.2) is 41.2 Å². The smallest absolute Gasteiger partial charge is 0.325 e. The molecule has 3 amide bonds. The Kier molecular flexibility index (Phi) is 5.40. The molecule has 10 heteroatoms. The monoisotopic (exact) mass is 486 g/mol. The van der Waals surface area contributed by atoms with Crippen LogP contribution in [0, 0.1) is 0 Å². The first-order chi connectivity index (χ1) is 14.9. The SMILES string of the molecule is COc1ccc(-c2noc(CN3C(=O)N[C@@](C)(c4ccccc4Br)C3=O)n2)c(OC)c1. The van der Waals surface area contributed by atoms with Crippen LogP contribution in [0.4, 0.5) is 4.79 Å². The van der Waals surface area contributed by atoms with Crippen molar-refractivity contribution in [2.75, 3.05) is 14.2 Å². The summed E-state index contributed by atoms with van der Waals surface area (Å²) in [5.74, 6) is 1.10. The van der Waals surface area contributed by atoms with E-state index in [0.29, 0.717) is 22.6 Å². The van der Waals surface area contributed by atoms with E-state index >= 15 is 0 Å². The van der Waals surface area contributed by atoms with E-state index in [1.165, 1.54) is 7.11 Å². The molecule has 31 heavy (non-hydrogen) atoms. The van der Waals surface area contributed by atoms with Crippen molar-refractivity contribution in [3.8, 4) is 22.9 Å². The van der Waals surface area contributed by atoms with Gasteiger partial charge in [0.05, 0.1) is 19.8 Å². The zero-order valence-electron chi connectivity index (χ0n) is 17.0. The molecule has 0 unspecified atom stereocenters. The molecule has 1 aliphatic heterocycles. The Balaban J connectivity index is 1.59. The first kappa shape index (κ1) is 20.9. The average Bonchev–Trinajstić information content (AvgIpc) is 3.32. The first-order valence-electron chi connectivity index (χ1n) is 9.31. The van der Waals surface area contributed by atoms with Gasteiger partial charge in [0.1, 0.15) is 23.6 Å². The number of nitrogens with zero attached hydrogens (tertiary/aromatic N) is 3. The number of aromatic nitrogens is 2. The molecule has 1 saturated heterocycles. The Morgan fingerprint density at radius 2 is 1.94 bits per heavy atom. The lowest BCUT2D eigenvalue weighted by Crippen LogP contribution is -2.41. The molecular formula is C21H19BrN4O5. The number of hydrogen-bond acceptors (Lipinski definition) is 7. The van der Waals surface area contributed by atoms with E-state index in [0.717, 1.165) is 9.37 Å². The largest absolute Gasteiger partial charge is 0.497 e. The van der Waals surface area contributed by atoms with Crippen LogP contribution < -0.4 is 14.8 Å². The van der Waals surface area contributed by atoms with Crippen molar-refractivity contribution in [1.82, 2.24) is 20.4 Å². The zero-order valence-corrected chi connectivity index (χ0v) is 18.6. The molecule has 0 saturated carbocycles. The van der Waals surface area contributed by atoms with Crippen LogP contribution in [0.1, 0.15) is 18.4 Å². The summed E-state index contributed by atoms with van der Waals surface area (Å²) < 4.78 is 16.6. The molecule has 1 N–H and O–H groups in total. The number of amides is 3. The van der Waals surface area contributed by atoms with Gasteiger partial charge in [-0.1, -0.05) is 39.3 Å². The number of imide groups is 1. The van der Waals surface area contributed by atoms with Crippen molar-refractivity contribution in [2.45, 2.75) is 19.0 Å². The Labute approximate surface area is 186 Å². The minimum atomic E-state index is -1.21. The number of hydrogen-bond donors (Lipinski definition) is 1. The second-order valence-corrected chi connectivity index (χ2v) is 7.86. The standard InChI is InChI=1S/C21H19BrN4O5/c1-21(14-6-4-5-7-15(14)22)19(27)26(20(28)24-21)11-17-23-18(25-31-17)13-9-8-12(29-2)10-16(13)30-3/h4-10H,11H2,1-3H3,(H,24,28)/t21-/m0/s1. The first-order valence-corrected chi connectivity index (χ1v) is 10.1. The number of halogens is 1.